The molecule has 0 bridgehead atoms. The predicted octanol–water partition coefficient (Wildman–Crippen LogP) is 3.96. The zero-order valence-electron chi connectivity index (χ0n) is 13.2. The summed E-state index contributed by atoms with van der Waals surface area (Å²) in [5.74, 6) is 1.37. The van der Waals surface area contributed by atoms with E-state index in [1.54, 1.807) is 0 Å². The first kappa shape index (κ1) is 15.1. The fraction of sp³-hybridized carbons (Fsp3) is 0.400. The second-order valence-corrected chi connectivity index (χ2v) is 5.99. The molecule has 0 spiro atoms. The van der Waals surface area contributed by atoms with E-state index in [1.807, 2.05) is 6.07 Å². The van der Waals surface area contributed by atoms with E-state index < -0.39 is 0 Å². The molecule has 1 fully saturated rings. The molecule has 0 saturated carbocycles. The van der Waals surface area contributed by atoms with Crippen LogP contribution in [-0.2, 0) is 6.42 Å². The molecular weight excluding hydrogens is 270 g/mol. The number of aryl methyl sites for hydroxylation is 1. The molecule has 2 unspecified atom stereocenters. The first-order valence-corrected chi connectivity index (χ1v) is 8.29. The van der Waals surface area contributed by atoms with Crippen LogP contribution in [0.5, 0.6) is 5.75 Å². The maximum Gasteiger partial charge on any atom is 0.119 e. The molecule has 2 heteroatoms. The third-order valence-electron chi connectivity index (χ3n) is 4.33. The van der Waals surface area contributed by atoms with Crippen molar-refractivity contribution < 1.29 is 4.74 Å². The maximum atomic E-state index is 6.30. The molecule has 0 aliphatic carbocycles. The monoisotopic (exact) mass is 294 g/mol. The van der Waals surface area contributed by atoms with E-state index in [2.05, 4.69) is 60.8 Å². The van der Waals surface area contributed by atoms with Gasteiger partial charge in [0.25, 0.3) is 0 Å². The molecule has 2 nitrogen and oxygen atoms in total. The molecule has 2 aromatic carbocycles. The Balaban J connectivity index is 1.71. The van der Waals surface area contributed by atoms with Crippen LogP contribution >= 0.6 is 0 Å². The summed E-state index contributed by atoms with van der Waals surface area (Å²) in [5, 5.41) is 3.48. The lowest BCUT2D eigenvalue weighted by molar-refractivity contribution is 0.138. The standard InChI is InChI=1S/C20H24NO/c1-2-6-16-9-11-18(12-10-16)22-20-13-14-21-15-19(20)17-7-4-3-5-8-17/h3-4,7-12,19-21H,2,6,13-15H2,1H3. The van der Waals surface area contributed by atoms with Crippen LogP contribution in [-0.4, -0.2) is 19.2 Å². The normalized spacial score (nSPS) is 21.5. The first-order valence-electron chi connectivity index (χ1n) is 8.29. The minimum Gasteiger partial charge on any atom is -0.490 e. The summed E-state index contributed by atoms with van der Waals surface area (Å²) in [4.78, 5) is 0. The second-order valence-electron chi connectivity index (χ2n) is 5.99. The maximum absolute atomic E-state index is 6.30. The quantitative estimate of drug-likeness (QED) is 0.901. The van der Waals surface area contributed by atoms with Gasteiger partial charge in [-0.25, -0.2) is 0 Å². The highest BCUT2D eigenvalue weighted by Gasteiger charge is 2.27. The summed E-state index contributed by atoms with van der Waals surface area (Å²) >= 11 is 0. The fourth-order valence-corrected chi connectivity index (χ4v) is 3.14. The number of nitrogens with one attached hydrogen (secondary N) is 1. The summed E-state index contributed by atoms with van der Waals surface area (Å²) < 4.78 is 6.30. The van der Waals surface area contributed by atoms with Gasteiger partial charge in [0.1, 0.15) is 11.9 Å². The van der Waals surface area contributed by atoms with Gasteiger partial charge in [-0.3, -0.25) is 0 Å². The van der Waals surface area contributed by atoms with Crippen LogP contribution in [0.3, 0.4) is 0 Å². The van der Waals surface area contributed by atoms with Gasteiger partial charge in [-0.2, -0.15) is 0 Å². The van der Waals surface area contributed by atoms with Crippen molar-refractivity contribution in [3.05, 3.63) is 65.7 Å². The summed E-state index contributed by atoms with van der Waals surface area (Å²) in [6.45, 7) is 4.20. The van der Waals surface area contributed by atoms with E-state index in [1.165, 1.54) is 17.5 Å². The highest BCUT2D eigenvalue weighted by Crippen LogP contribution is 2.28. The van der Waals surface area contributed by atoms with E-state index >= 15 is 0 Å². The van der Waals surface area contributed by atoms with Gasteiger partial charge in [0, 0.05) is 12.5 Å². The van der Waals surface area contributed by atoms with Crippen molar-refractivity contribution in [2.24, 2.45) is 0 Å². The smallest absolute Gasteiger partial charge is 0.119 e. The molecule has 1 aliphatic heterocycles. The Kier molecular flexibility index (Phi) is 5.12. The minimum absolute atomic E-state index is 0.231. The molecule has 2 aromatic rings. The number of hydrogen-bond donors (Lipinski definition) is 1. The zero-order valence-corrected chi connectivity index (χ0v) is 13.2. The van der Waals surface area contributed by atoms with Crippen LogP contribution in [0.2, 0.25) is 0 Å². The Morgan fingerprint density at radius 3 is 2.82 bits per heavy atom. The third kappa shape index (κ3) is 3.69. The summed E-state index contributed by atoms with van der Waals surface area (Å²) in [5.41, 5.74) is 2.69. The molecular formula is C20H24NO. The summed E-state index contributed by atoms with van der Waals surface area (Å²) in [7, 11) is 0. The van der Waals surface area contributed by atoms with Crippen molar-refractivity contribution >= 4 is 0 Å². The molecule has 22 heavy (non-hydrogen) atoms. The number of hydrogen-bond acceptors (Lipinski definition) is 2. The van der Waals surface area contributed by atoms with Gasteiger partial charge in [0.05, 0.1) is 0 Å². The number of rotatable bonds is 5. The lowest BCUT2D eigenvalue weighted by Gasteiger charge is -2.33. The Morgan fingerprint density at radius 1 is 1.23 bits per heavy atom. The van der Waals surface area contributed by atoms with Gasteiger partial charge in [-0.15, -0.1) is 0 Å². The van der Waals surface area contributed by atoms with Crippen molar-refractivity contribution in [1.82, 2.24) is 5.32 Å². The largest absolute Gasteiger partial charge is 0.490 e. The van der Waals surface area contributed by atoms with E-state index in [0.717, 1.165) is 31.7 Å². The summed E-state index contributed by atoms with van der Waals surface area (Å²) in [6.07, 6.45) is 3.59. The predicted molar refractivity (Wildman–Crippen MR) is 90.4 cm³/mol. The van der Waals surface area contributed by atoms with Crippen LogP contribution in [0.4, 0.5) is 0 Å². The molecule has 0 aromatic heterocycles. The number of piperidine rings is 1. The van der Waals surface area contributed by atoms with Crippen molar-refractivity contribution in [1.29, 1.82) is 0 Å². The van der Waals surface area contributed by atoms with Gasteiger partial charge in [0.15, 0.2) is 0 Å². The Morgan fingerprint density at radius 2 is 2.09 bits per heavy atom. The van der Waals surface area contributed by atoms with Gasteiger partial charge < -0.3 is 10.1 Å². The van der Waals surface area contributed by atoms with Gasteiger partial charge >= 0.3 is 0 Å². The SMILES string of the molecule is CCCc1ccc(OC2CCNCC2c2c[c]ccc2)cc1. The molecule has 0 amide bonds. The van der Waals surface area contributed by atoms with Crippen molar-refractivity contribution in [3.8, 4) is 5.75 Å². The highest BCUT2D eigenvalue weighted by atomic mass is 16.5. The topological polar surface area (TPSA) is 21.3 Å². The van der Waals surface area contributed by atoms with Crippen molar-refractivity contribution in [2.75, 3.05) is 13.1 Å². The molecule has 1 N–H and O–H groups in total. The molecule has 3 rings (SSSR count). The molecule has 2 atom stereocenters. The lowest BCUT2D eigenvalue weighted by Crippen LogP contribution is -2.41. The number of ether oxygens (including phenoxy) is 1. The van der Waals surface area contributed by atoms with E-state index in [4.69, 9.17) is 4.74 Å². The van der Waals surface area contributed by atoms with Crippen molar-refractivity contribution in [3.63, 3.8) is 0 Å². The van der Waals surface area contributed by atoms with E-state index in [-0.39, 0.29) is 6.10 Å². The van der Waals surface area contributed by atoms with Crippen LogP contribution < -0.4 is 10.1 Å². The Bertz CT molecular complexity index is 564. The van der Waals surface area contributed by atoms with E-state index in [9.17, 15) is 0 Å². The van der Waals surface area contributed by atoms with Gasteiger partial charge in [-0.1, -0.05) is 49.7 Å². The van der Waals surface area contributed by atoms with Crippen LogP contribution in [0, 0.1) is 6.07 Å². The minimum atomic E-state index is 0.231. The van der Waals surface area contributed by atoms with E-state index in [0.29, 0.717) is 5.92 Å². The second kappa shape index (κ2) is 7.46. The molecule has 1 heterocycles. The molecule has 115 valence electrons. The average molecular weight is 294 g/mol. The summed E-state index contributed by atoms with van der Waals surface area (Å²) in [6, 6.07) is 20.0. The number of benzene rings is 2. The molecule has 1 radical (unpaired) electrons. The zero-order chi connectivity index (χ0) is 15.2. The highest BCUT2D eigenvalue weighted by molar-refractivity contribution is 5.29. The molecule has 1 saturated heterocycles. The third-order valence-corrected chi connectivity index (χ3v) is 4.33. The van der Waals surface area contributed by atoms with Crippen LogP contribution in [0.15, 0.2) is 48.5 Å². The van der Waals surface area contributed by atoms with Crippen molar-refractivity contribution in [2.45, 2.75) is 38.2 Å². The lowest BCUT2D eigenvalue weighted by atomic mass is 9.89. The van der Waals surface area contributed by atoms with Gasteiger partial charge in [0.2, 0.25) is 0 Å². The average Bonchev–Trinajstić information content (AvgIpc) is 2.58. The van der Waals surface area contributed by atoms with Gasteiger partial charge in [-0.05, 0) is 48.7 Å². The fourth-order valence-electron chi connectivity index (χ4n) is 3.14. The van der Waals surface area contributed by atoms with Crippen LogP contribution in [0.1, 0.15) is 36.8 Å². The first-order chi connectivity index (χ1) is 10.9. The molecule has 1 aliphatic rings. The Labute approximate surface area is 133 Å². The Hall–Kier alpha value is -1.80. The van der Waals surface area contributed by atoms with Crippen LogP contribution in [0.25, 0.3) is 0 Å².